The second-order valence-electron chi connectivity index (χ2n) is 9.42. The molecule has 0 aliphatic heterocycles. The fraction of sp³-hybridized carbons (Fsp3) is 0.481. The summed E-state index contributed by atoms with van der Waals surface area (Å²) in [6.45, 7) is 6.64. The molecule has 1 aromatic heterocycles. The fourth-order valence-electron chi connectivity index (χ4n) is 4.35. The van der Waals surface area contributed by atoms with Crippen LogP contribution in [0.4, 0.5) is 0 Å². The zero-order chi connectivity index (χ0) is 28.4. The number of aromatic nitrogens is 1. The van der Waals surface area contributed by atoms with Gasteiger partial charge in [-0.2, -0.15) is 0 Å². The second kappa shape index (κ2) is 14.1. The van der Waals surface area contributed by atoms with E-state index in [1.54, 1.807) is 27.0 Å². The fourth-order valence-corrected chi connectivity index (χ4v) is 4.35. The molecule has 0 aliphatic carbocycles. The number of hydrogen-bond donors (Lipinski definition) is 4. The van der Waals surface area contributed by atoms with Gasteiger partial charge in [0.15, 0.2) is 5.78 Å². The number of fused-ring (bicyclic) bond motifs is 1. The lowest BCUT2D eigenvalue weighted by Crippen LogP contribution is -2.57. The molecule has 0 fully saturated rings. The maximum atomic E-state index is 13.5. The quantitative estimate of drug-likeness (QED) is 0.216. The molecule has 38 heavy (non-hydrogen) atoms. The van der Waals surface area contributed by atoms with Crippen molar-refractivity contribution < 1.29 is 28.7 Å². The highest BCUT2D eigenvalue weighted by atomic mass is 16.5. The first kappa shape index (κ1) is 30.2. The Bertz CT molecular complexity index is 1170. The third kappa shape index (κ3) is 7.99. The molecule has 1 aromatic carbocycles. The van der Waals surface area contributed by atoms with E-state index in [-0.39, 0.29) is 31.8 Å². The van der Waals surface area contributed by atoms with Gasteiger partial charge in [0.2, 0.25) is 17.7 Å². The number of benzene rings is 1. The molecule has 4 N–H and O–H groups in total. The average molecular weight is 528 g/mol. The standard InChI is InChI=1S/C27H37N5O6/c1-6-38-27(37)24(16(2)3)32(5)26(36)22(12-11-19(34)14-28)31-25(35)23(30-17(4)33)13-18-15-29-21-10-8-7-9-20(18)21/h7-10,14-16,22-24,28-29H,6,11-13H2,1-5H3,(H,30,33)(H,31,35)/t22-,23-,24?/m0/s1. The van der Waals surface area contributed by atoms with Gasteiger partial charge in [0.1, 0.15) is 18.1 Å². The van der Waals surface area contributed by atoms with Crippen LogP contribution in [0, 0.1) is 11.3 Å². The molecule has 0 saturated heterocycles. The molecule has 206 valence electrons. The average Bonchev–Trinajstić information content (AvgIpc) is 3.27. The Kier molecular flexibility index (Phi) is 11.2. The van der Waals surface area contributed by atoms with E-state index in [2.05, 4.69) is 15.6 Å². The van der Waals surface area contributed by atoms with Crippen LogP contribution < -0.4 is 10.6 Å². The molecule has 3 atom stereocenters. The molecule has 1 unspecified atom stereocenters. The van der Waals surface area contributed by atoms with Crippen LogP contribution >= 0.6 is 0 Å². The number of nitrogens with one attached hydrogen (secondary N) is 4. The number of Topliss-reactive ketones (excluding diaryl/α,β-unsaturated/α-hetero) is 1. The molecule has 2 aromatic rings. The van der Waals surface area contributed by atoms with E-state index in [0.29, 0.717) is 6.21 Å². The lowest BCUT2D eigenvalue weighted by molar-refractivity contribution is -0.156. The Hall–Kier alpha value is -4.02. The number of carbonyl (C=O) groups excluding carboxylic acids is 5. The van der Waals surface area contributed by atoms with Crippen LogP contribution in [-0.2, 0) is 35.1 Å². The van der Waals surface area contributed by atoms with Gasteiger partial charge in [-0.15, -0.1) is 0 Å². The van der Waals surface area contributed by atoms with Gasteiger partial charge in [0.25, 0.3) is 0 Å². The van der Waals surface area contributed by atoms with E-state index in [9.17, 15) is 24.0 Å². The van der Waals surface area contributed by atoms with Gasteiger partial charge in [-0.25, -0.2) is 4.79 Å². The number of ether oxygens (including phenoxy) is 1. The maximum absolute atomic E-state index is 13.5. The highest BCUT2D eigenvalue weighted by molar-refractivity contribution is 6.26. The molecule has 11 heteroatoms. The maximum Gasteiger partial charge on any atom is 0.329 e. The van der Waals surface area contributed by atoms with Crippen molar-refractivity contribution >= 4 is 46.6 Å². The number of ketones is 1. The number of amides is 3. The first-order valence-corrected chi connectivity index (χ1v) is 12.6. The van der Waals surface area contributed by atoms with Crippen LogP contribution in [0.1, 0.15) is 46.1 Å². The SMILES string of the molecule is CCOC(=O)C(C(C)C)N(C)C(=O)[C@H](CCC(=O)C=N)NC(=O)[C@H](Cc1c[nH]c2ccccc12)NC(C)=O. The van der Waals surface area contributed by atoms with E-state index in [4.69, 9.17) is 10.1 Å². The largest absolute Gasteiger partial charge is 0.464 e. The number of rotatable bonds is 14. The van der Waals surface area contributed by atoms with Crippen LogP contribution in [0.2, 0.25) is 0 Å². The first-order chi connectivity index (χ1) is 18.0. The molecule has 3 amide bonds. The Morgan fingerprint density at radius 2 is 1.79 bits per heavy atom. The monoisotopic (exact) mass is 527 g/mol. The predicted molar refractivity (Wildman–Crippen MR) is 143 cm³/mol. The third-order valence-corrected chi connectivity index (χ3v) is 6.17. The summed E-state index contributed by atoms with van der Waals surface area (Å²) >= 11 is 0. The molecule has 0 aliphatic rings. The van der Waals surface area contributed by atoms with Crippen LogP contribution in [0.5, 0.6) is 0 Å². The summed E-state index contributed by atoms with van der Waals surface area (Å²) in [6, 6.07) is 4.46. The summed E-state index contributed by atoms with van der Waals surface area (Å²) in [6.07, 6.45) is 2.32. The molecule has 11 nitrogen and oxygen atoms in total. The minimum absolute atomic E-state index is 0.0867. The van der Waals surface area contributed by atoms with Gasteiger partial charge in [0, 0.05) is 43.9 Å². The Balaban J connectivity index is 2.32. The van der Waals surface area contributed by atoms with Gasteiger partial charge in [-0.1, -0.05) is 32.0 Å². The molecule has 0 bridgehead atoms. The Morgan fingerprint density at radius 3 is 2.39 bits per heavy atom. The number of likely N-dealkylation sites (N-methyl/N-ethyl adjacent to an activating group) is 1. The number of esters is 1. The van der Waals surface area contributed by atoms with Gasteiger partial charge >= 0.3 is 5.97 Å². The third-order valence-electron chi connectivity index (χ3n) is 6.17. The normalized spacial score (nSPS) is 13.3. The molecular formula is C27H37N5O6. The first-order valence-electron chi connectivity index (χ1n) is 12.6. The van der Waals surface area contributed by atoms with Crippen LogP contribution in [0.3, 0.4) is 0 Å². The molecule has 0 spiro atoms. The topological polar surface area (TPSA) is 162 Å². The van der Waals surface area contributed by atoms with E-state index in [1.165, 1.54) is 18.9 Å². The number of hydrogen-bond acceptors (Lipinski definition) is 7. The second-order valence-corrected chi connectivity index (χ2v) is 9.42. The molecule has 2 rings (SSSR count). The van der Waals surface area contributed by atoms with Gasteiger partial charge in [-0.3, -0.25) is 19.2 Å². The highest BCUT2D eigenvalue weighted by Crippen LogP contribution is 2.20. The zero-order valence-corrected chi connectivity index (χ0v) is 22.5. The van der Waals surface area contributed by atoms with E-state index >= 15 is 0 Å². The number of aromatic amines is 1. The van der Waals surface area contributed by atoms with E-state index in [1.807, 2.05) is 24.3 Å². The molecular weight excluding hydrogens is 490 g/mol. The van der Waals surface area contributed by atoms with Gasteiger partial charge < -0.3 is 30.7 Å². The zero-order valence-electron chi connectivity index (χ0n) is 22.5. The summed E-state index contributed by atoms with van der Waals surface area (Å²) in [5, 5.41) is 13.4. The van der Waals surface area contributed by atoms with Gasteiger partial charge in [0.05, 0.1) is 12.8 Å². The van der Waals surface area contributed by atoms with Crippen molar-refractivity contribution in [2.24, 2.45) is 5.92 Å². The van der Waals surface area contributed by atoms with E-state index in [0.717, 1.165) is 16.5 Å². The Labute approximate surface area is 222 Å². The lowest BCUT2D eigenvalue weighted by atomic mass is 10.00. The minimum atomic E-state index is -1.17. The minimum Gasteiger partial charge on any atom is -0.464 e. The van der Waals surface area contributed by atoms with Crippen LogP contribution in [0.25, 0.3) is 10.9 Å². The Morgan fingerprint density at radius 1 is 1.11 bits per heavy atom. The van der Waals surface area contributed by atoms with Crippen molar-refractivity contribution in [3.63, 3.8) is 0 Å². The van der Waals surface area contributed by atoms with Gasteiger partial charge in [-0.05, 0) is 30.9 Å². The lowest BCUT2D eigenvalue weighted by Gasteiger charge is -2.32. The van der Waals surface area contributed by atoms with Crippen LogP contribution in [0.15, 0.2) is 30.5 Å². The van der Waals surface area contributed by atoms with Crippen molar-refractivity contribution in [3.05, 3.63) is 36.0 Å². The summed E-state index contributed by atoms with van der Waals surface area (Å²) in [4.78, 5) is 67.6. The van der Waals surface area contributed by atoms with Crippen molar-refractivity contribution in [1.29, 1.82) is 5.41 Å². The highest BCUT2D eigenvalue weighted by Gasteiger charge is 2.36. The predicted octanol–water partition coefficient (Wildman–Crippen LogP) is 1.74. The van der Waals surface area contributed by atoms with Crippen molar-refractivity contribution in [2.75, 3.05) is 13.7 Å². The number of para-hydroxylation sites is 1. The molecule has 0 saturated carbocycles. The summed E-state index contributed by atoms with van der Waals surface area (Å²) in [5.74, 6) is -2.99. The molecule has 0 radical (unpaired) electrons. The summed E-state index contributed by atoms with van der Waals surface area (Å²) in [7, 11) is 1.44. The number of nitrogens with zero attached hydrogens (tertiary/aromatic N) is 1. The number of H-pyrrole nitrogens is 1. The smallest absolute Gasteiger partial charge is 0.329 e. The van der Waals surface area contributed by atoms with Crippen molar-refractivity contribution in [2.45, 2.75) is 65.1 Å². The summed E-state index contributed by atoms with van der Waals surface area (Å²) in [5.41, 5.74) is 1.68. The van der Waals surface area contributed by atoms with Crippen molar-refractivity contribution in [3.8, 4) is 0 Å². The van der Waals surface area contributed by atoms with Crippen LogP contribution in [-0.4, -0.2) is 77.4 Å². The summed E-state index contributed by atoms with van der Waals surface area (Å²) < 4.78 is 5.13. The molecule has 1 heterocycles. The number of carbonyl (C=O) groups is 5. The van der Waals surface area contributed by atoms with E-state index < -0.39 is 47.6 Å². The van der Waals surface area contributed by atoms with Crippen molar-refractivity contribution in [1.82, 2.24) is 20.5 Å².